The molecule has 2 atom stereocenters. The molecule has 1 fully saturated rings. The Labute approximate surface area is 171 Å². The first-order valence-corrected chi connectivity index (χ1v) is 9.31. The lowest BCUT2D eigenvalue weighted by Crippen LogP contribution is -2.41. The number of nitrogens with one attached hydrogen (secondary N) is 2. The van der Waals surface area contributed by atoms with Crippen LogP contribution >= 0.6 is 12.4 Å². The summed E-state index contributed by atoms with van der Waals surface area (Å²) in [7, 11) is 1.90. The lowest BCUT2D eigenvalue weighted by Gasteiger charge is -2.27. The summed E-state index contributed by atoms with van der Waals surface area (Å²) in [5.41, 5.74) is 2.00. The molecule has 3 heterocycles. The molecule has 4 rings (SSSR count). The third-order valence-electron chi connectivity index (χ3n) is 5.56. The summed E-state index contributed by atoms with van der Waals surface area (Å²) in [6.45, 7) is 6.56. The van der Waals surface area contributed by atoms with Crippen LogP contribution in [0.25, 0.3) is 0 Å². The van der Waals surface area contributed by atoms with Crippen molar-refractivity contribution in [3.63, 3.8) is 0 Å². The maximum atomic E-state index is 12.9. The van der Waals surface area contributed by atoms with Crippen molar-refractivity contribution in [1.82, 2.24) is 20.4 Å². The largest absolute Gasteiger partial charge is 0.454 e. The van der Waals surface area contributed by atoms with Gasteiger partial charge >= 0.3 is 0 Å². The number of fused-ring (bicyclic) bond motifs is 1. The number of nitrogens with zero attached hydrogens (tertiary/aromatic N) is 2. The molecule has 2 aliphatic rings. The Morgan fingerprint density at radius 1 is 1.32 bits per heavy atom. The predicted octanol–water partition coefficient (Wildman–Crippen LogP) is 1.97. The van der Waals surface area contributed by atoms with Crippen molar-refractivity contribution in [3.8, 4) is 11.5 Å². The Kier molecular flexibility index (Phi) is 5.86. The van der Waals surface area contributed by atoms with Crippen LogP contribution in [0.5, 0.6) is 11.5 Å². The molecule has 152 valence electrons. The van der Waals surface area contributed by atoms with Gasteiger partial charge in [-0.25, -0.2) is 0 Å². The number of aromatic nitrogens is 2. The summed E-state index contributed by atoms with van der Waals surface area (Å²) in [6, 6.07) is 5.97. The smallest absolute Gasteiger partial charge is 0.231 e. The van der Waals surface area contributed by atoms with Crippen LogP contribution in [0.1, 0.15) is 30.9 Å². The number of halogens is 1. The Bertz CT molecular complexity index is 852. The number of amides is 1. The quantitative estimate of drug-likeness (QED) is 0.793. The molecule has 7 nitrogen and oxygen atoms in total. The molecule has 0 aliphatic carbocycles. The van der Waals surface area contributed by atoms with Crippen molar-refractivity contribution < 1.29 is 14.3 Å². The fourth-order valence-corrected chi connectivity index (χ4v) is 3.79. The Hall–Kier alpha value is -2.25. The molecule has 0 bridgehead atoms. The van der Waals surface area contributed by atoms with Crippen LogP contribution in [0.3, 0.4) is 0 Å². The second-order valence-electron chi connectivity index (χ2n) is 7.99. The first-order chi connectivity index (χ1) is 12.9. The second-order valence-corrected chi connectivity index (χ2v) is 7.99. The van der Waals surface area contributed by atoms with E-state index < -0.39 is 0 Å². The summed E-state index contributed by atoms with van der Waals surface area (Å²) < 4.78 is 12.6. The summed E-state index contributed by atoms with van der Waals surface area (Å²) in [4.78, 5) is 12.9. The second kappa shape index (κ2) is 8.01. The zero-order valence-corrected chi connectivity index (χ0v) is 17.2. The molecular weight excluding hydrogens is 380 g/mol. The molecule has 28 heavy (non-hydrogen) atoms. The number of hydrogen-bond acceptors (Lipinski definition) is 5. The predicted molar refractivity (Wildman–Crippen MR) is 108 cm³/mol. The Morgan fingerprint density at radius 2 is 2.11 bits per heavy atom. The molecule has 2 aliphatic heterocycles. The number of ether oxygens (including phenoxy) is 2. The van der Waals surface area contributed by atoms with Gasteiger partial charge in [0.05, 0.1) is 12.1 Å². The van der Waals surface area contributed by atoms with Gasteiger partial charge in [0.15, 0.2) is 11.5 Å². The Morgan fingerprint density at radius 3 is 2.86 bits per heavy atom. The fourth-order valence-electron chi connectivity index (χ4n) is 3.79. The molecule has 2 N–H and O–H groups in total. The highest BCUT2D eigenvalue weighted by molar-refractivity contribution is 5.85. The zero-order valence-electron chi connectivity index (χ0n) is 16.4. The molecule has 0 unspecified atom stereocenters. The van der Waals surface area contributed by atoms with E-state index in [-0.39, 0.29) is 42.4 Å². The minimum Gasteiger partial charge on any atom is -0.454 e. The van der Waals surface area contributed by atoms with Crippen LogP contribution in [-0.2, 0) is 17.3 Å². The van der Waals surface area contributed by atoms with Gasteiger partial charge in [0, 0.05) is 44.2 Å². The first kappa shape index (κ1) is 20.5. The fraction of sp³-hybridized carbons (Fsp3) is 0.500. The average molecular weight is 407 g/mol. The van der Waals surface area contributed by atoms with Gasteiger partial charge in [0.2, 0.25) is 12.7 Å². The van der Waals surface area contributed by atoms with Gasteiger partial charge in [-0.05, 0) is 23.3 Å². The SMILES string of the molecule is Cl.Cn1cc([C@H]2CNC[C@@H]2C(=O)NCC(C)(C)c2ccc3c(c2)OCO3)cn1. The van der Waals surface area contributed by atoms with Gasteiger partial charge < -0.3 is 20.1 Å². The molecule has 2 aromatic rings. The molecule has 0 saturated carbocycles. The van der Waals surface area contributed by atoms with E-state index in [9.17, 15) is 4.79 Å². The molecule has 1 amide bonds. The molecule has 0 radical (unpaired) electrons. The van der Waals surface area contributed by atoms with Gasteiger partial charge in [-0.15, -0.1) is 12.4 Å². The third-order valence-corrected chi connectivity index (χ3v) is 5.56. The van der Waals surface area contributed by atoms with Gasteiger partial charge in [-0.2, -0.15) is 5.10 Å². The van der Waals surface area contributed by atoms with Gasteiger partial charge in [0.1, 0.15) is 0 Å². The van der Waals surface area contributed by atoms with E-state index in [4.69, 9.17) is 9.47 Å². The van der Waals surface area contributed by atoms with Crippen molar-refractivity contribution in [2.24, 2.45) is 13.0 Å². The number of benzene rings is 1. The molecule has 8 heteroatoms. The molecule has 1 saturated heterocycles. The highest BCUT2D eigenvalue weighted by Gasteiger charge is 2.35. The van der Waals surface area contributed by atoms with Crippen LogP contribution in [-0.4, -0.2) is 42.1 Å². The maximum Gasteiger partial charge on any atom is 0.231 e. The van der Waals surface area contributed by atoms with E-state index in [2.05, 4.69) is 29.6 Å². The van der Waals surface area contributed by atoms with Crippen LogP contribution in [0.2, 0.25) is 0 Å². The minimum atomic E-state index is -0.216. The van der Waals surface area contributed by atoms with E-state index >= 15 is 0 Å². The maximum absolute atomic E-state index is 12.9. The van der Waals surface area contributed by atoms with E-state index in [1.165, 1.54) is 0 Å². The van der Waals surface area contributed by atoms with Crippen LogP contribution in [0.15, 0.2) is 30.6 Å². The van der Waals surface area contributed by atoms with Crippen molar-refractivity contribution in [1.29, 1.82) is 0 Å². The van der Waals surface area contributed by atoms with Crippen molar-refractivity contribution in [3.05, 3.63) is 41.7 Å². The van der Waals surface area contributed by atoms with E-state index in [0.717, 1.165) is 29.2 Å². The Balaban J connectivity index is 0.00000225. The highest BCUT2D eigenvalue weighted by Crippen LogP contribution is 2.36. The van der Waals surface area contributed by atoms with E-state index in [0.29, 0.717) is 13.1 Å². The zero-order chi connectivity index (χ0) is 19.0. The standard InChI is InChI=1S/C20H26N4O3.ClH/c1-20(2,14-4-5-17-18(6-14)27-12-26-17)11-22-19(25)16-9-21-8-15(16)13-7-23-24(3)10-13;/h4-7,10,15-16,21H,8-9,11-12H2,1-3H3,(H,22,25);1H/t15-,16+;/m1./s1. The molecule has 0 spiro atoms. The van der Waals surface area contributed by atoms with Crippen LogP contribution in [0.4, 0.5) is 0 Å². The van der Waals surface area contributed by atoms with Gasteiger partial charge in [-0.3, -0.25) is 9.48 Å². The third kappa shape index (κ3) is 3.95. The number of aryl methyl sites for hydroxylation is 1. The number of carbonyl (C=O) groups is 1. The number of hydrogen-bond donors (Lipinski definition) is 2. The van der Waals surface area contributed by atoms with Crippen molar-refractivity contribution in [2.45, 2.75) is 25.2 Å². The lowest BCUT2D eigenvalue weighted by atomic mass is 9.83. The molecule has 1 aromatic carbocycles. The van der Waals surface area contributed by atoms with Crippen molar-refractivity contribution in [2.75, 3.05) is 26.4 Å². The first-order valence-electron chi connectivity index (χ1n) is 9.31. The average Bonchev–Trinajstić information content (AvgIpc) is 3.38. The summed E-state index contributed by atoms with van der Waals surface area (Å²) in [5.74, 6) is 1.70. The van der Waals surface area contributed by atoms with E-state index in [1.807, 2.05) is 37.6 Å². The van der Waals surface area contributed by atoms with Gasteiger partial charge in [-0.1, -0.05) is 19.9 Å². The summed E-state index contributed by atoms with van der Waals surface area (Å²) in [5, 5.41) is 10.7. The summed E-state index contributed by atoms with van der Waals surface area (Å²) in [6.07, 6.45) is 3.85. The molecule has 1 aromatic heterocycles. The minimum absolute atomic E-state index is 0. The topological polar surface area (TPSA) is 77.4 Å². The van der Waals surface area contributed by atoms with Crippen LogP contribution in [0, 0.1) is 5.92 Å². The summed E-state index contributed by atoms with van der Waals surface area (Å²) >= 11 is 0. The lowest BCUT2D eigenvalue weighted by molar-refractivity contribution is -0.125. The van der Waals surface area contributed by atoms with Crippen LogP contribution < -0.4 is 20.1 Å². The monoisotopic (exact) mass is 406 g/mol. The van der Waals surface area contributed by atoms with E-state index in [1.54, 1.807) is 4.68 Å². The van der Waals surface area contributed by atoms with Gasteiger partial charge in [0.25, 0.3) is 0 Å². The normalized spacial score (nSPS) is 20.7. The van der Waals surface area contributed by atoms with Crippen molar-refractivity contribution >= 4 is 18.3 Å². The highest BCUT2D eigenvalue weighted by atomic mass is 35.5. The molecular formula is C20H27ClN4O3. The number of rotatable bonds is 5. The number of carbonyl (C=O) groups excluding carboxylic acids is 1.